The molecular weight excluding hydrogens is 144 g/mol. The molecule has 0 bridgehead atoms. The van der Waals surface area contributed by atoms with E-state index in [1.165, 1.54) is 32.1 Å². The zero-order chi connectivity index (χ0) is 8.97. The number of rotatable bonds is 4. The Morgan fingerprint density at radius 1 is 1.42 bits per heavy atom. The summed E-state index contributed by atoms with van der Waals surface area (Å²) in [6, 6.07) is 0. The Kier molecular flexibility index (Phi) is 3.84. The lowest BCUT2D eigenvalue weighted by atomic mass is 9.77. The van der Waals surface area contributed by atoms with E-state index in [1.807, 2.05) is 0 Å². The molecule has 0 radical (unpaired) electrons. The van der Waals surface area contributed by atoms with Crippen LogP contribution in [-0.4, -0.2) is 0 Å². The summed E-state index contributed by atoms with van der Waals surface area (Å²) in [5, 5.41) is 0. The summed E-state index contributed by atoms with van der Waals surface area (Å²) in [4.78, 5) is 0. The van der Waals surface area contributed by atoms with Gasteiger partial charge in [0.1, 0.15) is 0 Å². The summed E-state index contributed by atoms with van der Waals surface area (Å²) in [6.07, 6.45) is 9.28. The van der Waals surface area contributed by atoms with E-state index in [0.717, 1.165) is 11.8 Å². The predicted molar refractivity (Wildman–Crippen MR) is 55.2 cm³/mol. The lowest BCUT2D eigenvalue weighted by Crippen LogP contribution is -2.13. The summed E-state index contributed by atoms with van der Waals surface area (Å²) in [5.41, 5.74) is 1.72. The van der Waals surface area contributed by atoms with Crippen molar-refractivity contribution in [3.63, 3.8) is 0 Å². The largest absolute Gasteiger partial charge is 0.0850 e. The summed E-state index contributed by atoms with van der Waals surface area (Å²) >= 11 is 0. The maximum Gasteiger partial charge on any atom is -0.0289 e. The molecule has 0 spiro atoms. The number of hydrogen-bond acceptors (Lipinski definition) is 0. The molecule has 0 saturated heterocycles. The fraction of sp³-hybridized carbons (Fsp3) is 0.833. The van der Waals surface area contributed by atoms with Gasteiger partial charge in [-0.3, -0.25) is 0 Å². The summed E-state index contributed by atoms with van der Waals surface area (Å²) in [5.74, 6) is 1.91. The molecular formula is C12H22. The van der Waals surface area contributed by atoms with Crippen LogP contribution in [0.25, 0.3) is 0 Å². The minimum atomic E-state index is 0.887. The molecule has 0 heterocycles. The van der Waals surface area contributed by atoms with E-state index < -0.39 is 0 Å². The van der Waals surface area contributed by atoms with Crippen molar-refractivity contribution < 1.29 is 0 Å². The van der Waals surface area contributed by atoms with Crippen molar-refractivity contribution in [2.45, 2.75) is 52.9 Å². The van der Waals surface area contributed by atoms with Gasteiger partial charge in [-0.1, -0.05) is 45.3 Å². The van der Waals surface area contributed by atoms with Gasteiger partial charge < -0.3 is 0 Å². The lowest BCUT2D eigenvalue weighted by Gasteiger charge is -2.28. The highest BCUT2D eigenvalue weighted by molar-refractivity contribution is 5.12. The smallest absolute Gasteiger partial charge is 0.0289 e. The highest BCUT2D eigenvalue weighted by Gasteiger charge is 2.20. The Balaban J connectivity index is 2.14. The third-order valence-corrected chi connectivity index (χ3v) is 3.18. The molecule has 1 atom stereocenters. The van der Waals surface area contributed by atoms with Gasteiger partial charge >= 0.3 is 0 Å². The lowest BCUT2D eigenvalue weighted by molar-refractivity contribution is 0.401. The SMILES string of the molecule is CCC(C)CC=C1CC(CC)C1. The van der Waals surface area contributed by atoms with E-state index >= 15 is 0 Å². The maximum absolute atomic E-state index is 2.49. The van der Waals surface area contributed by atoms with E-state index in [2.05, 4.69) is 26.8 Å². The molecule has 1 aliphatic carbocycles. The van der Waals surface area contributed by atoms with Gasteiger partial charge in [0.05, 0.1) is 0 Å². The second-order valence-corrected chi connectivity index (χ2v) is 4.29. The van der Waals surface area contributed by atoms with E-state index in [1.54, 1.807) is 5.57 Å². The second kappa shape index (κ2) is 4.69. The molecule has 70 valence electrons. The van der Waals surface area contributed by atoms with Crippen LogP contribution in [0.4, 0.5) is 0 Å². The van der Waals surface area contributed by atoms with Crippen molar-refractivity contribution >= 4 is 0 Å². The fourth-order valence-corrected chi connectivity index (χ4v) is 1.67. The van der Waals surface area contributed by atoms with Gasteiger partial charge in [-0.25, -0.2) is 0 Å². The van der Waals surface area contributed by atoms with Crippen LogP contribution >= 0.6 is 0 Å². The van der Waals surface area contributed by atoms with Crippen LogP contribution in [-0.2, 0) is 0 Å². The van der Waals surface area contributed by atoms with Crippen LogP contribution < -0.4 is 0 Å². The molecule has 0 N–H and O–H groups in total. The van der Waals surface area contributed by atoms with Crippen LogP contribution in [0.2, 0.25) is 0 Å². The minimum absolute atomic E-state index is 0.887. The maximum atomic E-state index is 2.49. The highest BCUT2D eigenvalue weighted by Crippen LogP contribution is 2.35. The fourth-order valence-electron chi connectivity index (χ4n) is 1.67. The van der Waals surface area contributed by atoms with Gasteiger partial charge in [-0.05, 0) is 31.1 Å². The summed E-state index contributed by atoms with van der Waals surface area (Å²) in [7, 11) is 0. The molecule has 0 nitrogen and oxygen atoms in total. The van der Waals surface area contributed by atoms with Crippen molar-refractivity contribution in [1.82, 2.24) is 0 Å². The van der Waals surface area contributed by atoms with Crippen LogP contribution in [0.15, 0.2) is 11.6 Å². The standard InChI is InChI=1S/C12H22/c1-4-10(3)6-7-12-8-11(5-2)9-12/h7,10-11H,4-6,8-9H2,1-3H3. The van der Waals surface area contributed by atoms with Crippen molar-refractivity contribution in [2.75, 3.05) is 0 Å². The molecule has 12 heavy (non-hydrogen) atoms. The predicted octanol–water partition coefficient (Wildman–Crippen LogP) is 4.17. The molecule has 1 saturated carbocycles. The molecule has 0 heteroatoms. The average molecular weight is 166 g/mol. The van der Waals surface area contributed by atoms with E-state index in [9.17, 15) is 0 Å². The Morgan fingerprint density at radius 2 is 2.08 bits per heavy atom. The van der Waals surface area contributed by atoms with Gasteiger partial charge in [0.2, 0.25) is 0 Å². The average Bonchev–Trinajstić information content (AvgIpc) is 2.01. The minimum Gasteiger partial charge on any atom is -0.0850 e. The van der Waals surface area contributed by atoms with Gasteiger partial charge in [0.25, 0.3) is 0 Å². The molecule has 1 fully saturated rings. The number of hydrogen-bond donors (Lipinski definition) is 0. The zero-order valence-corrected chi connectivity index (χ0v) is 8.77. The Morgan fingerprint density at radius 3 is 2.58 bits per heavy atom. The molecule has 1 rings (SSSR count). The van der Waals surface area contributed by atoms with Crippen LogP contribution in [0, 0.1) is 11.8 Å². The Labute approximate surface area is 77.1 Å². The first-order chi connectivity index (χ1) is 5.76. The normalized spacial score (nSPS) is 24.9. The first-order valence-electron chi connectivity index (χ1n) is 5.44. The summed E-state index contributed by atoms with van der Waals surface area (Å²) < 4.78 is 0. The van der Waals surface area contributed by atoms with Gasteiger partial charge in [0.15, 0.2) is 0 Å². The molecule has 0 aromatic carbocycles. The third kappa shape index (κ3) is 2.66. The topological polar surface area (TPSA) is 0 Å². The Hall–Kier alpha value is -0.260. The zero-order valence-electron chi connectivity index (χ0n) is 8.77. The first kappa shape index (κ1) is 9.83. The molecule has 1 unspecified atom stereocenters. The van der Waals surface area contributed by atoms with E-state index in [4.69, 9.17) is 0 Å². The summed E-state index contributed by atoms with van der Waals surface area (Å²) in [6.45, 7) is 6.92. The van der Waals surface area contributed by atoms with Crippen molar-refractivity contribution in [2.24, 2.45) is 11.8 Å². The van der Waals surface area contributed by atoms with Crippen LogP contribution in [0.5, 0.6) is 0 Å². The van der Waals surface area contributed by atoms with E-state index in [-0.39, 0.29) is 0 Å². The van der Waals surface area contributed by atoms with Gasteiger partial charge in [0, 0.05) is 0 Å². The van der Waals surface area contributed by atoms with Crippen LogP contribution in [0.3, 0.4) is 0 Å². The molecule has 1 aliphatic rings. The quantitative estimate of drug-likeness (QED) is 0.550. The van der Waals surface area contributed by atoms with Crippen LogP contribution in [0.1, 0.15) is 52.9 Å². The molecule has 0 aromatic rings. The Bertz CT molecular complexity index is 147. The third-order valence-electron chi connectivity index (χ3n) is 3.18. The molecule has 0 aliphatic heterocycles. The molecule has 0 aromatic heterocycles. The first-order valence-corrected chi connectivity index (χ1v) is 5.44. The second-order valence-electron chi connectivity index (χ2n) is 4.29. The monoisotopic (exact) mass is 166 g/mol. The van der Waals surface area contributed by atoms with E-state index in [0.29, 0.717) is 0 Å². The highest BCUT2D eigenvalue weighted by atomic mass is 14.3. The van der Waals surface area contributed by atoms with Crippen molar-refractivity contribution in [1.29, 1.82) is 0 Å². The number of allylic oxidation sites excluding steroid dienone is 2. The molecule has 0 amide bonds. The van der Waals surface area contributed by atoms with Gasteiger partial charge in [-0.2, -0.15) is 0 Å². The van der Waals surface area contributed by atoms with Gasteiger partial charge in [-0.15, -0.1) is 0 Å². The van der Waals surface area contributed by atoms with Crippen molar-refractivity contribution in [3.05, 3.63) is 11.6 Å². The van der Waals surface area contributed by atoms with Crippen molar-refractivity contribution in [3.8, 4) is 0 Å².